The van der Waals surface area contributed by atoms with Crippen molar-refractivity contribution in [1.29, 1.82) is 0 Å². The first-order valence-electron chi connectivity index (χ1n) is 5.61. The van der Waals surface area contributed by atoms with Crippen molar-refractivity contribution in [1.82, 2.24) is 10.6 Å². The summed E-state index contributed by atoms with van der Waals surface area (Å²) in [7, 11) is 1.75. The van der Waals surface area contributed by atoms with Gasteiger partial charge in [0.1, 0.15) is 5.82 Å². The van der Waals surface area contributed by atoms with Crippen LogP contribution in [-0.2, 0) is 16.1 Å². The first kappa shape index (κ1) is 12.5. The number of nitrogens with one attached hydrogen (secondary N) is 2. The fourth-order valence-corrected chi connectivity index (χ4v) is 2.04. The number of carbonyl (C=O) groups is 2. The summed E-state index contributed by atoms with van der Waals surface area (Å²) >= 11 is 0. The van der Waals surface area contributed by atoms with Crippen molar-refractivity contribution >= 4 is 17.5 Å². The van der Waals surface area contributed by atoms with E-state index in [1.807, 2.05) is 0 Å². The molecule has 6 heteroatoms. The van der Waals surface area contributed by atoms with Gasteiger partial charge < -0.3 is 10.2 Å². The van der Waals surface area contributed by atoms with Gasteiger partial charge in [0.25, 0.3) is 0 Å². The molecule has 2 N–H and O–H groups in total. The summed E-state index contributed by atoms with van der Waals surface area (Å²) in [6.45, 7) is 0.451. The highest BCUT2D eigenvalue weighted by atomic mass is 19.1. The SMILES string of the molecule is CNCc1cccc(F)c1N1CC(=O)NC(=O)C1. The van der Waals surface area contributed by atoms with Gasteiger partial charge in [0.05, 0.1) is 18.8 Å². The quantitative estimate of drug-likeness (QED) is 0.743. The van der Waals surface area contributed by atoms with E-state index in [0.717, 1.165) is 5.56 Å². The third kappa shape index (κ3) is 2.48. The highest BCUT2D eigenvalue weighted by Crippen LogP contribution is 2.25. The Balaban J connectivity index is 2.36. The van der Waals surface area contributed by atoms with Crippen LogP contribution in [0.1, 0.15) is 5.56 Å². The number of rotatable bonds is 3. The largest absolute Gasteiger partial charge is 0.350 e. The Morgan fingerprint density at radius 3 is 2.61 bits per heavy atom. The molecular weight excluding hydrogens is 237 g/mol. The lowest BCUT2D eigenvalue weighted by molar-refractivity contribution is -0.130. The van der Waals surface area contributed by atoms with Crippen molar-refractivity contribution in [3.8, 4) is 0 Å². The van der Waals surface area contributed by atoms with Gasteiger partial charge in [0.15, 0.2) is 0 Å². The summed E-state index contributed by atoms with van der Waals surface area (Å²) in [6, 6.07) is 4.70. The zero-order chi connectivity index (χ0) is 13.1. The van der Waals surface area contributed by atoms with Crippen LogP contribution in [0.4, 0.5) is 10.1 Å². The van der Waals surface area contributed by atoms with Gasteiger partial charge in [-0.1, -0.05) is 12.1 Å². The Kier molecular flexibility index (Phi) is 3.57. The summed E-state index contributed by atoms with van der Waals surface area (Å²) in [6.07, 6.45) is 0. The van der Waals surface area contributed by atoms with Gasteiger partial charge in [-0.25, -0.2) is 4.39 Å². The number of amides is 2. The molecule has 1 aromatic rings. The molecule has 2 rings (SSSR count). The number of nitrogens with zero attached hydrogens (tertiary/aromatic N) is 1. The summed E-state index contributed by atoms with van der Waals surface area (Å²) in [5.74, 6) is -1.25. The van der Waals surface area contributed by atoms with Crippen LogP contribution in [0.5, 0.6) is 0 Å². The zero-order valence-corrected chi connectivity index (χ0v) is 10.00. The number of hydrogen-bond donors (Lipinski definition) is 2. The molecule has 0 radical (unpaired) electrons. The third-order valence-electron chi connectivity index (χ3n) is 2.70. The molecule has 5 nitrogen and oxygen atoms in total. The van der Waals surface area contributed by atoms with Crippen molar-refractivity contribution < 1.29 is 14.0 Å². The summed E-state index contributed by atoms with van der Waals surface area (Å²) in [5.41, 5.74) is 1.04. The van der Waals surface area contributed by atoms with Gasteiger partial charge in [-0.3, -0.25) is 14.9 Å². The molecule has 1 fully saturated rings. The van der Waals surface area contributed by atoms with Crippen LogP contribution >= 0.6 is 0 Å². The van der Waals surface area contributed by atoms with Crippen LogP contribution in [0.25, 0.3) is 0 Å². The summed E-state index contributed by atoms with van der Waals surface area (Å²) in [4.78, 5) is 24.1. The minimum absolute atomic E-state index is 0.0105. The van der Waals surface area contributed by atoms with E-state index in [9.17, 15) is 14.0 Å². The molecular formula is C12H14FN3O2. The average Bonchev–Trinajstić information content (AvgIpc) is 2.28. The number of hydrogen-bond acceptors (Lipinski definition) is 4. The number of benzene rings is 1. The molecule has 0 atom stereocenters. The Morgan fingerprint density at radius 1 is 1.33 bits per heavy atom. The van der Waals surface area contributed by atoms with Gasteiger partial charge >= 0.3 is 0 Å². The minimum atomic E-state index is -0.426. The van der Waals surface area contributed by atoms with Gasteiger partial charge in [0, 0.05) is 6.54 Å². The maximum absolute atomic E-state index is 13.9. The Bertz CT molecular complexity index is 474. The van der Waals surface area contributed by atoms with Crippen molar-refractivity contribution in [3.63, 3.8) is 0 Å². The van der Waals surface area contributed by atoms with Crippen LogP contribution in [0.15, 0.2) is 18.2 Å². The van der Waals surface area contributed by atoms with E-state index in [0.29, 0.717) is 12.2 Å². The van der Waals surface area contributed by atoms with Crippen LogP contribution < -0.4 is 15.5 Å². The predicted octanol–water partition coefficient (Wildman–Crippen LogP) is 0.00790. The molecule has 2 amide bonds. The Morgan fingerprint density at radius 2 is 2.00 bits per heavy atom. The topological polar surface area (TPSA) is 61.4 Å². The molecule has 0 aliphatic carbocycles. The predicted molar refractivity (Wildman–Crippen MR) is 64.5 cm³/mol. The maximum Gasteiger partial charge on any atom is 0.246 e. The first-order valence-corrected chi connectivity index (χ1v) is 5.61. The number of anilines is 1. The molecule has 1 aliphatic rings. The van der Waals surface area contributed by atoms with E-state index in [1.54, 1.807) is 19.2 Å². The Hall–Kier alpha value is -1.95. The van der Waals surface area contributed by atoms with Crippen LogP contribution in [0.2, 0.25) is 0 Å². The lowest BCUT2D eigenvalue weighted by Gasteiger charge is -2.29. The van der Waals surface area contributed by atoms with Gasteiger partial charge in [-0.15, -0.1) is 0 Å². The number of halogens is 1. The number of piperazine rings is 1. The van der Waals surface area contributed by atoms with E-state index >= 15 is 0 Å². The van der Waals surface area contributed by atoms with Gasteiger partial charge in [-0.05, 0) is 18.7 Å². The zero-order valence-electron chi connectivity index (χ0n) is 10.00. The van der Waals surface area contributed by atoms with Gasteiger partial charge in [0.2, 0.25) is 11.8 Å². The lowest BCUT2D eigenvalue weighted by atomic mass is 10.1. The third-order valence-corrected chi connectivity index (χ3v) is 2.70. The second kappa shape index (κ2) is 5.14. The second-order valence-corrected chi connectivity index (χ2v) is 4.11. The van der Waals surface area contributed by atoms with Crippen molar-refractivity contribution in [2.75, 3.05) is 25.0 Å². The van der Waals surface area contributed by atoms with E-state index in [4.69, 9.17) is 0 Å². The van der Waals surface area contributed by atoms with E-state index in [-0.39, 0.29) is 13.1 Å². The minimum Gasteiger partial charge on any atom is -0.350 e. The molecule has 18 heavy (non-hydrogen) atoms. The molecule has 1 aromatic carbocycles. The lowest BCUT2D eigenvalue weighted by Crippen LogP contribution is -2.52. The molecule has 1 heterocycles. The van der Waals surface area contributed by atoms with Crippen molar-refractivity contribution in [2.45, 2.75) is 6.54 Å². The molecule has 0 spiro atoms. The van der Waals surface area contributed by atoms with E-state index in [1.165, 1.54) is 11.0 Å². The van der Waals surface area contributed by atoms with Crippen LogP contribution in [0.3, 0.4) is 0 Å². The van der Waals surface area contributed by atoms with E-state index in [2.05, 4.69) is 10.6 Å². The molecule has 1 saturated heterocycles. The molecule has 96 valence electrons. The van der Waals surface area contributed by atoms with Gasteiger partial charge in [-0.2, -0.15) is 0 Å². The first-order chi connectivity index (χ1) is 8.61. The fraction of sp³-hybridized carbons (Fsp3) is 0.333. The smallest absolute Gasteiger partial charge is 0.246 e. The molecule has 0 unspecified atom stereocenters. The average molecular weight is 251 g/mol. The van der Waals surface area contributed by atoms with Crippen molar-refractivity contribution in [2.24, 2.45) is 0 Å². The monoisotopic (exact) mass is 251 g/mol. The standard InChI is InChI=1S/C12H14FN3O2/c1-14-5-8-3-2-4-9(13)12(8)16-6-10(17)15-11(18)7-16/h2-4,14H,5-7H2,1H3,(H,15,17,18). The molecule has 0 bridgehead atoms. The van der Waals surface area contributed by atoms with Crippen LogP contribution in [0, 0.1) is 5.82 Å². The maximum atomic E-state index is 13.9. The fourth-order valence-electron chi connectivity index (χ4n) is 2.04. The molecule has 1 aliphatic heterocycles. The number of carbonyl (C=O) groups excluding carboxylic acids is 2. The number of para-hydroxylation sites is 1. The molecule has 0 saturated carbocycles. The summed E-state index contributed by atoms with van der Waals surface area (Å²) < 4.78 is 13.9. The number of imide groups is 1. The second-order valence-electron chi connectivity index (χ2n) is 4.11. The summed E-state index contributed by atoms with van der Waals surface area (Å²) in [5, 5.41) is 5.13. The highest BCUT2D eigenvalue weighted by molar-refractivity contribution is 6.02. The van der Waals surface area contributed by atoms with Crippen LogP contribution in [-0.4, -0.2) is 32.0 Å². The van der Waals surface area contributed by atoms with Crippen molar-refractivity contribution in [3.05, 3.63) is 29.6 Å². The Labute approximate surface area is 104 Å². The normalized spacial score (nSPS) is 15.8. The highest BCUT2D eigenvalue weighted by Gasteiger charge is 2.26. The van der Waals surface area contributed by atoms with E-state index < -0.39 is 17.6 Å². The molecule has 0 aromatic heterocycles.